The number of hydrogen-bond donors (Lipinski definition) is 3. The quantitative estimate of drug-likeness (QED) is 0.144. The number of esters is 1. The molecule has 0 bridgehead atoms. The summed E-state index contributed by atoms with van der Waals surface area (Å²) in [5.74, 6) is -2.38. The summed E-state index contributed by atoms with van der Waals surface area (Å²) in [5.41, 5.74) is 0. The maximum absolute atomic E-state index is 12.0. The molecule has 29 heavy (non-hydrogen) atoms. The number of ether oxygens (including phenoxy) is 1. The van der Waals surface area contributed by atoms with Crippen LogP contribution < -0.4 is 0 Å². The van der Waals surface area contributed by atoms with Crippen LogP contribution in [0.4, 0.5) is 0 Å². The van der Waals surface area contributed by atoms with E-state index in [0.717, 1.165) is 44.9 Å². The van der Waals surface area contributed by atoms with Crippen molar-refractivity contribution in [3.05, 3.63) is 12.2 Å². The highest BCUT2D eigenvalue weighted by atomic mass is 16.5. The second-order valence-corrected chi connectivity index (χ2v) is 8.44. The number of unbranched alkanes of at least 4 members (excludes halogenated alkanes) is 6. The Balaban J connectivity index is 4.00. The number of hydrogen-bond acceptors (Lipinski definition) is 5. The molecule has 2 atom stereocenters. The molecule has 0 aliphatic carbocycles. The van der Waals surface area contributed by atoms with Gasteiger partial charge in [0.15, 0.2) is 6.10 Å². The van der Waals surface area contributed by atoms with Crippen molar-refractivity contribution >= 4 is 17.9 Å². The number of carboxylic acid groups (broad SMARTS) is 2. The SMILES string of the molecule is C[N+](C)(C)CC(CC(=O)O)OC(=O)CC(O)/C=C/CCCCCCCCC(=O)O. The monoisotopic (exact) mass is 416 g/mol. The molecule has 8 nitrogen and oxygen atoms in total. The van der Waals surface area contributed by atoms with Crippen molar-refractivity contribution in [3.8, 4) is 0 Å². The summed E-state index contributed by atoms with van der Waals surface area (Å²) < 4.78 is 5.71. The van der Waals surface area contributed by atoms with Gasteiger partial charge in [0, 0.05) is 6.42 Å². The predicted molar refractivity (Wildman–Crippen MR) is 109 cm³/mol. The lowest BCUT2D eigenvalue weighted by molar-refractivity contribution is -0.873. The van der Waals surface area contributed by atoms with Gasteiger partial charge in [0.25, 0.3) is 0 Å². The second kappa shape index (κ2) is 15.0. The first-order valence-corrected chi connectivity index (χ1v) is 10.3. The van der Waals surface area contributed by atoms with E-state index in [9.17, 15) is 19.5 Å². The van der Waals surface area contributed by atoms with Crippen molar-refractivity contribution < 1.29 is 38.9 Å². The zero-order chi connectivity index (χ0) is 22.3. The summed E-state index contributed by atoms with van der Waals surface area (Å²) in [5, 5.41) is 27.5. The minimum atomic E-state index is -1.03. The van der Waals surface area contributed by atoms with Crippen LogP contribution in [0.5, 0.6) is 0 Å². The number of carbonyl (C=O) groups is 3. The zero-order valence-electron chi connectivity index (χ0n) is 18.0. The third kappa shape index (κ3) is 19.2. The number of carbonyl (C=O) groups excluding carboxylic acids is 1. The van der Waals surface area contributed by atoms with E-state index in [2.05, 4.69) is 0 Å². The Hall–Kier alpha value is -1.93. The van der Waals surface area contributed by atoms with Crippen molar-refractivity contribution in [2.45, 2.75) is 76.4 Å². The van der Waals surface area contributed by atoms with Crippen LogP contribution in [0.3, 0.4) is 0 Å². The fourth-order valence-corrected chi connectivity index (χ4v) is 2.92. The Kier molecular flexibility index (Phi) is 14.0. The molecule has 3 N–H and O–H groups in total. The highest BCUT2D eigenvalue weighted by Gasteiger charge is 2.25. The van der Waals surface area contributed by atoms with Crippen molar-refractivity contribution in [1.82, 2.24) is 0 Å². The lowest BCUT2D eigenvalue weighted by Crippen LogP contribution is -2.44. The molecule has 0 radical (unpaired) electrons. The van der Waals surface area contributed by atoms with Gasteiger partial charge in [-0.3, -0.25) is 14.4 Å². The first-order valence-electron chi connectivity index (χ1n) is 10.3. The first-order chi connectivity index (χ1) is 13.5. The molecule has 0 fully saturated rings. The standard InChI is InChI=1S/C21H37NO7/c1-22(2,3)16-18(15-20(26)27)29-21(28)14-17(23)12-10-8-6-4-5-7-9-11-13-19(24)25/h10,12,17-18,23H,4-9,11,13-16H2,1-3H3,(H-,24,25,26,27)/p+1/b12-10+. The fourth-order valence-electron chi connectivity index (χ4n) is 2.92. The minimum absolute atomic E-state index is 0.201. The number of likely N-dealkylation sites (N-methyl/N-ethyl adjacent to an activating group) is 1. The highest BCUT2D eigenvalue weighted by Crippen LogP contribution is 2.10. The van der Waals surface area contributed by atoms with Gasteiger partial charge < -0.3 is 24.5 Å². The largest absolute Gasteiger partial charge is 0.481 e. The number of aliphatic carboxylic acids is 2. The topological polar surface area (TPSA) is 121 Å². The molecule has 0 heterocycles. The summed E-state index contributed by atoms with van der Waals surface area (Å²) in [7, 11) is 5.66. The Morgan fingerprint density at radius 3 is 2.03 bits per heavy atom. The smallest absolute Gasteiger partial charge is 0.309 e. The molecular weight excluding hydrogens is 378 g/mol. The third-order valence-electron chi connectivity index (χ3n) is 4.20. The molecule has 0 aromatic heterocycles. The molecule has 0 saturated heterocycles. The molecule has 0 aliphatic heterocycles. The Morgan fingerprint density at radius 1 is 0.897 bits per heavy atom. The maximum atomic E-state index is 12.0. The number of nitrogens with zero attached hydrogens (tertiary/aromatic N) is 1. The fraction of sp³-hybridized carbons (Fsp3) is 0.762. The molecule has 0 aromatic carbocycles. The van der Waals surface area contributed by atoms with E-state index in [1.807, 2.05) is 27.2 Å². The van der Waals surface area contributed by atoms with E-state index in [-0.39, 0.29) is 19.3 Å². The van der Waals surface area contributed by atoms with Gasteiger partial charge in [-0.15, -0.1) is 0 Å². The van der Waals surface area contributed by atoms with E-state index in [4.69, 9.17) is 14.9 Å². The summed E-state index contributed by atoms with van der Waals surface area (Å²) in [6.45, 7) is 0.375. The lowest BCUT2D eigenvalue weighted by Gasteiger charge is -2.28. The molecule has 0 saturated carbocycles. The normalized spacial score (nSPS) is 13.9. The van der Waals surface area contributed by atoms with Crippen LogP contribution in [-0.2, 0) is 19.1 Å². The molecule has 0 aliphatic rings. The Morgan fingerprint density at radius 2 is 1.48 bits per heavy atom. The molecule has 168 valence electrons. The zero-order valence-corrected chi connectivity index (χ0v) is 18.0. The van der Waals surface area contributed by atoms with Gasteiger partial charge in [-0.2, -0.15) is 0 Å². The van der Waals surface area contributed by atoms with Crippen molar-refractivity contribution in [2.75, 3.05) is 27.7 Å². The summed E-state index contributed by atoms with van der Waals surface area (Å²) in [6, 6.07) is 0. The van der Waals surface area contributed by atoms with E-state index in [1.54, 1.807) is 6.08 Å². The summed E-state index contributed by atoms with van der Waals surface area (Å²) in [6.07, 6.45) is 8.03. The van der Waals surface area contributed by atoms with E-state index < -0.39 is 30.1 Å². The molecule has 2 unspecified atom stereocenters. The third-order valence-corrected chi connectivity index (χ3v) is 4.20. The van der Waals surface area contributed by atoms with Gasteiger partial charge >= 0.3 is 17.9 Å². The van der Waals surface area contributed by atoms with Crippen LogP contribution in [-0.4, -0.2) is 77.6 Å². The van der Waals surface area contributed by atoms with E-state index in [0.29, 0.717) is 11.0 Å². The summed E-state index contributed by atoms with van der Waals surface area (Å²) in [4.78, 5) is 33.3. The van der Waals surface area contributed by atoms with E-state index in [1.165, 1.54) is 0 Å². The van der Waals surface area contributed by atoms with Crippen LogP contribution in [0.25, 0.3) is 0 Å². The second-order valence-electron chi connectivity index (χ2n) is 8.44. The summed E-state index contributed by atoms with van der Waals surface area (Å²) >= 11 is 0. The number of aliphatic hydroxyl groups is 1. The maximum Gasteiger partial charge on any atom is 0.309 e. The Bertz CT molecular complexity index is 526. The van der Waals surface area contributed by atoms with Crippen molar-refractivity contribution in [3.63, 3.8) is 0 Å². The Labute approximate surface area is 173 Å². The molecule has 0 aromatic rings. The van der Waals surface area contributed by atoms with Crippen LogP contribution >= 0.6 is 0 Å². The van der Waals surface area contributed by atoms with Gasteiger partial charge in [-0.05, 0) is 19.3 Å². The van der Waals surface area contributed by atoms with Gasteiger partial charge in [0.05, 0.1) is 40.1 Å². The molecular formula is C21H38NO7+. The van der Waals surface area contributed by atoms with E-state index >= 15 is 0 Å². The van der Waals surface area contributed by atoms with Crippen LogP contribution in [0, 0.1) is 0 Å². The average molecular weight is 417 g/mol. The number of allylic oxidation sites excluding steroid dienone is 1. The molecule has 0 spiro atoms. The highest BCUT2D eigenvalue weighted by molar-refractivity contribution is 5.72. The lowest BCUT2D eigenvalue weighted by atomic mass is 10.1. The van der Waals surface area contributed by atoms with Crippen molar-refractivity contribution in [2.24, 2.45) is 0 Å². The van der Waals surface area contributed by atoms with Crippen LogP contribution in [0.2, 0.25) is 0 Å². The number of aliphatic hydroxyl groups excluding tert-OH is 1. The van der Waals surface area contributed by atoms with Gasteiger partial charge in [-0.1, -0.05) is 37.8 Å². The predicted octanol–water partition coefficient (Wildman–Crippen LogP) is 2.59. The van der Waals surface area contributed by atoms with Crippen LogP contribution in [0.1, 0.15) is 64.2 Å². The van der Waals surface area contributed by atoms with Gasteiger partial charge in [0.2, 0.25) is 0 Å². The molecule has 8 heteroatoms. The van der Waals surface area contributed by atoms with Gasteiger partial charge in [-0.25, -0.2) is 0 Å². The minimum Gasteiger partial charge on any atom is -0.481 e. The van der Waals surface area contributed by atoms with Crippen molar-refractivity contribution in [1.29, 1.82) is 0 Å². The van der Waals surface area contributed by atoms with Crippen LogP contribution in [0.15, 0.2) is 12.2 Å². The molecule has 0 amide bonds. The first kappa shape index (κ1) is 27.1. The average Bonchev–Trinajstić information content (AvgIpc) is 2.53. The number of rotatable bonds is 17. The number of carboxylic acids is 2. The van der Waals surface area contributed by atoms with Gasteiger partial charge in [0.1, 0.15) is 6.54 Å². The number of quaternary nitrogens is 1. The molecule has 0 rings (SSSR count).